The minimum absolute atomic E-state index is 0.0588. The van der Waals surface area contributed by atoms with Crippen LogP contribution in [0.2, 0.25) is 0 Å². The lowest BCUT2D eigenvalue weighted by Crippen LogP contribution is -2.31. The van der Waals surface area contributed by atoms with Gasteiger partial charge < -0.3 is 9.97 Å². The number of thioether (sulfide) groups is 2. The van der Waals surface area contributed by atoms with Crippen molar-refractivity contribution in [1.29, 1.82) is 0 Å². The van der Waals surface area contributed by atoms with E-state index in [-0.39, 0.29) is 32.1 Å². The third kappa shape index (κ3) is 4.69. The van der Waals surface area contributed by atoms with Crippen molar-refractivity contribution < 1.29 is 9.59 Å². The van der Waals surface area contributed by atoms with Gasteiger partial charge >= 0.3 is 9.75 Å². The van der Waals surface area contributed by atoms with Gasteiger partial charge in [-0.3, -0.25) is 19.2 Å². The van der Waals surface area contributed by atoms with Crippen LogP contribution in [0, 0.1) is 0 Å². The van der Waals surface area contributed by atoms with Crippen molar-refractivity contribution in [2.24, 2.45) is 0 Å². The summed E-state index contributed by atoms with van der Waals surface area (Å²) >= 11 is 4.52. The molecule has 2 N–H and O–H groups in total. The minimum Gasteiger partial charge on any atom is -0.307 e. The van der Waals surface area contributed by atoms with Crippen molar-refractivity contribution in [3.8, 4) is 0 Å². The summed E-state index contributed by atoms with van der Waals surface area (Å²) in [4.78, 5) is 62.2. The number of carbonyl (C=O) groups is 2. The molecule has 2 aliphatic heterocycles. The van der Waals surface area contributed by atoms with Crippen LogP contribution < -0.4 is 9.75 Å². The highest BCUT2D eigenvalue weighted by molar-refractivity contribution is 8.06. The monoisotopic (exact) mass is 658 g/mol. The quantitative estimate of drug-likeness (QED) is 0.215. The zero-order valence-corrected chi connectivity index (χ0v) is 28.3. The second-order valence-corrected chi connectivity index (χ2v) is 17.4. The first kappa shape index (κ1) is 29.5. The van der Waals surface area contributed by atoms with Gasteiger partial charge in [0.1, 0.15) is 0 Å². The van der Waals surface area contributed by atoms with Crippen LogP contribution in [0.5, 0.6) is 0 Å². The Hall–Kier alpha value is -3.18. The SMILES string of the molecule is CC(C)(C)c1ccc(C2C3=C(Sc4[nH]c(=O)sc42)C(=O)C2=C(C3=O)C(c3ccc(C(C)(C)C)cc3)c3sc(=O)[nH]c3S2)cc1. The van der Waals surface area contributed by atoms with E-state index in [0.717, 1.165) is 54.7 Å². The number of benzene rings is 2. The average molecular weight is 659 g/mol. The van der Waals surface area contributed by atoms with Crippen LogP contribution in [-0.4, -0.2) is 21.5 Å². The topological polar surface area (TPSA) is 99.9 Å². The Morgan fingerprint density at radius 1 is 0.545 bits per heavy atom. The highest BCUT2D eigenvalue weighted by Gasteiger charge is 2.49. The molecule has 0 bridgehead atoms. The van der Waals surface area contributed by atoms with Crippen LogP contribution in [0.3, 0.4) is 0 Å². The fraction of sp³-hybridized carbons (Fsp3) is 0.294. The summed E-state index contributed by atoms with van der Waals surface area (Å²) in [5.41, 5.74) is 4.71. The summed E-state index contributed by atoms with van der Waals surface area (Å²) in [5, 5.41) is 1.21. The number of aromatic amines is 2. The first-order valence-electron chi connectivity index (χ1n) is 14.3. The van der Waals surface area contributed by atoms with Gasteiger partial charge in [0.05, 0.1) is 41.5 Å². The summed E-state index contributed by atoms with van der Waals surface area (Å²) in [7, 11) is 0. The van der Waals surface area contributed by atoms with E-state index in [9.17, 15) is 19.2 Å². The van der Waals surface area contributed by atoms with Gasteiger partial charge in [-0.25, -0.2) is 0 Å². The van der Waals surface area contributed by atoms with E-state index in [0.29, 0.717) is 31.0 Å². The Morgan fingerprint density at radius 2 is 0.909 bits per heavy atom. The van der Waals surface area contributed by atoms with Crippen molar-refractivity contribution in [1.82, 2.24) is 9.97 Å². The number of hydrogen-bond donors (Lipinski definition) is 2. The lowest BCUT2D eigenvalue weighted by Gasteiger charge is -2.35. The van der Waals surface area contributed by atoms with Crippen LogP contribution >= 0.6 is 46.2 Å². The molecular formula is C34H30N2O4S4. The molecule has 0 radical (unpaired) electrons. The Labute approximate surface area is 271 Å². The van der Waals surface area contributed by atoms with Crippen LogP contribution in [0.4, 0.5) is 0 Å². The van der Waals surface area contributed by atoms with Gasteiger partial charge in [-0.2, -0.15) is 0 Å². The van der Waals surface area contributed by atoms with Crippen LogP contribution in [0.1, 0.15) is 85.4 Å². The van der Waals surface area contributed by atoms with E-state index in [1.165, 1.54) is 23.5 Å². The van der Waals surface area contributed by atoms with Crippen molar-refractivity contribution in [2.45, 2.75) is 74.3 Å². The molecule has 0 amide bonds. The van der Waals surface area contributed by atoms with Gasteiger partial charge in [-0.15, -0.1) is 0 Å². The molecule has 0 saturated carbocycles. The van der Waals surface area contributed by atoms with E-state index in [4.69, 9.17) is 0 Å². The number of allylic oxidation sites excluding steroid dienone is 4. The second-order valence-electron chi connectivity index (χ2n) is 13.4. The predicted molar refractivity (Wildman–Crippen MR) is 180 cm³/mol. The van der Waals surface area contributed by atoms with E-state index >= 15 is 0 Å². The first-order valence-corrected chi connectivity index (χ1v) is 17.6. The highest BCUT2D eigenvalue weighted by atomic mass is 32.2. The smallest absolute Gasteiger partial charge is 0.305 e. The number of thiazole rings is 2. The maximum Gasteiger partial charge on any atom is 0.305 e. The Bertz CT molecular complexity index is 1910. The van der Waals surface area contributed by atoms with Crippen molar-refractivity contribution >= 4 is 57.8 Å². The molecule has 4 aromatic rings. The Balaban J connectivity index is 1.41. The van der Waals surface area contributed by atoms with Gasteiger partial charge in [0, 0.05) is 11.1 Å². The van der Waals surface area contributed by atoms with Gasteiger partial charge in [0.15, 0.2) is 5.78 Å². The number of ketones is 2. The number of fused-ring (bicyclic) bond motifs is 2. The lowest BCUT2D eigenvalue weighted by atomic mass is 9.75. The summed E-state index contributed by atoms with van der Waals surface area (Å²) < 4.78 is 0. The van der Waals surface area contributed by atoms with Crippen molar-refractivity contribution in [3.63, 3.8) is 0 Å². The average Bonchev–Trinajstić information content (AvgIpc) is 3.53. The maximum absolute atomic E-state index is 14.9. The molecule has 1 aliphatic carbocycles. The number of hydrogen-bond acceptors (Lipinski definition) is 8. The van der Waals surface area contributed by atoms with Crippen molar-refractivity contribution in [2.75, 3.05) is 0 Å². The number of H-pyrrole nitrogens is 2. The van der Waals surface area contributed by atoms with Crippen LogP contribution in [0.25, 0.3) is 0 Å². The molecule has 0 saturated heterocycles. The van der Waals surface area contributed by atoms with Crippen LogP contribution in [0.15, 0.2) is 89.1 Å². The molecule has 10 heteroatoms. The third-order valence-electron chi connectivity index (χ3n) is 8.41. The number of Topliss-reactive ketones (excluding diaryl/α,β-unsaturated/α-hetero) is 2. The molecule has 6 nitrogen and oxygen atoms in total. The molecule has 44 heavy (non-hydrogen) atoms. The predicted octanol–water partition coefficient (Wildman–Crippen LogP) is 7.62. The summed E-state index contributed by atoms with van der Waals surface area (Å²) in [6.07, 6.45) is 0. The van der Waals surface area contributed by atoms with Gasteiger partial charge in [0.25, 0.3) is 0 Å². The zero-order valence-electron chi connectivity index (χ0n) is 25.0. The number of carbonyl (C=O) groups excluding carboxylic acids is 2. The van der Waals surface area contributed by atoms with Gasteiger partial charge in [0.2, 0.25) is 5.78 Å². The summed E-state index contributed by atoms with van der Waals surface area (Å²) in [6, 6.07) is 16.3. The minimum atomic E-state index is -0.565. The van der Waals surface area contributed by atoms with Crippen LogP contribution in [-0.2, 0) is 20.4 Å². The third-order valence-corrected chi connectivity index (χ3v) is 12.8. The van der Waals surface area contributed by atoms with Gasteiger partial charge in [-0.05, 0) is 33.1 Å². The second kappa shape index (κ2) is 10.2. The fourth-order valence-corrected chi connectivity index (χ4v) is 10.7. The molecule has 224 valence electrons. The summed E-state index contributed by atoms with van der Waals surface area (Å²) in [6.45, 7) is 12.9. The fourth-order valence-electron chi connectivity index (χ4n) is 6.06. The van der Waals surface area contributed by atoms with Gasteiger partial charge in [-0.1, -0.05) is 136 Å². The molecule has 4 heterocycles. The molecule has 7 rings (SSSR count). The highest BCUT2D eigenvalue weighted by Crippen LogP contribution is 2.58. The van der Waals surface area contributed by atoms with Crippen molar-refractivity contribution in [3.05, 3.63) is 121 Å². The molecule has 2 aromatic heterocycles. The standard InChI is InChI=1S/C34H30N2O4S4/c1-33(2,3)17-11-7-15(8-12-17)19-21-23(37)22-20(16-9-13-18(14-10-16)34(4,5)6)28-30(36-32(40)44-28)42-26(22)24(38)25(21)41-29-27(19)43-31(39)35-29/h7-14,19-20H,1-6H3,(H,35,39)(H,36,40). The lowest BCUT2D eigenvalue weighted by molar-refractivity contribution is -0.116. The van der Waals surface area contributed by atoms with E-state index in [1.807, 2.05) is 24.3 Å². The molecule has 2 aromatic carbocycles. The number of rotatable bonds is 2. The molecule has 0 spiro atoms. The molecule has 0 fully saturated rings. The first-order chi connectivity index (χ1) is 20.7. The number of nitrogens with one attached hydrogen (secondary N) is 2. The maximum atomic E-state index is 14.9. The largest absolute Gasteiger partial charge is 0.307 e. The zero-order chi connectivity index (χ0) is 31.3. The molecule has 2 unspecified atom stereocenters. The molecule has 2 atom stereocenters. The normalized spacial score (nSPS) is 20.0. The van der Waals surface area contributed by atoms with E-state index < -0.39 is 11.8 Å². The summed E-state index contributed by atoms with van der Waals surface area (Å²) in [5.74, 6) is -1.58. The Morgan fingerprint density at radius 3 is 1.25 bits per heavy atom. The van der Waals surface area contributed by atoms with E-state index in [2.05, 4.69) is 75.8 Å². The number of aromatic nitrogens is 2. The van der Waals surface area contributed by atoms with E-state index in [1.54, 1.807) is 0 Å². The molecule has 3 aliphatic rings. The Kier molecular flexibility index (Phi) is 6.82. The molecular weight excluding hydrogens is 629 g/mol.